The van der Waals surface area contributed by atoms with Crippen molar-refractivity contribution in [2.24, 2.45) is 0 Å². The normalized spacial score (nSPS) is 15.8. The second-order valence-electron chi connectivity index (χ2n) is 10.6. The quantitative estimate of drug-likeness (QED) is 0.286. The molecular formula is C31H34N4O4S2. The summed E-state index contributed by atoms with van der Waals surface area (Å²) in [5, 5.41) is 0.655. The molecule has 0 atom stereocenters. The van der Waals surface area contributed by atoms with Gasteiger partial charge in [0, 0.05) is 38.3 Å². The van der Waals surface area contributed by atoms with Crippen molar-refractivity contribution in [2.45, 2.75) is 31.6 Å². The number of morpholine rings is 1. The summed E-state index contributed by atoms with van der Waals surface area (Å²) in [6.07, 6.45) is 1.48. The van der Waals surface area contributed by atoms with E-state index in [0.717, 1.165) is 66.3 Å². The van der Waals surface area contributed by atoms with Gasteiger partial charge in [-0.05, 0) is 85.8 Å². The van der Waals surface area contributed by atoms with Gasteiger partial charge >= 0.3 is 0 Å². The number of para-hydroxylation sites is 1. The van der Waals surface area contributed by atoms with Crippen molar-refractivity contribution in [1.29, 1.82) is 0 Å². The van der Waals surface area contributed by atoms with Crippen LogP contribution in [0.4, 0.5) is 10.8 Å². The molecule has 0 N–H and O–H groups in total. The number of aromatic nitrogens is 1. The lowest BCUT2D eigenvalue weighted by molar-refractivity contribution is 0.0376. The lowest BCUT2D eigenvalue weighted by Crippen LogP contribution is -2.39. The predicted octanol–water partition coefficient (Wildman–Crippen LogP) is 5.03. The van der Waals surface area contributed by atoms with Gasteiger partial charge in [0.2, 0.25) is 0 Å². The molecule has 4 aromatic rings. The number of rotatable bonds is 8. The van der Waals surface area contributed by atoms with E-state index in [9.17, 15) is 13.2 Å². The molecule has 41 heavy (non-hydrogen) atoms. The minimum atomic E-state index is -3.74. The molecule has 6 rings (SSSR count). The van der Waals surface area contributed by atoms with Gasteiger partial charge in [-0.3, -0.25) is 18.9 Å². The predicted molar refractivity (Wildman–Crippen MR) is 164 cm³/mol. The lowest BCUT2D eigenvalue weighted by atomic mass is 10.1. The number of hydrogen-bond acceptors (Lipinski definition) is 7. The molecule has 3 heterocycles. The Balaban J connectivity index is 1.26. The highest BCUT2D eigenvalue weighted by Gasteiger charge is 2.31. The average molecular weight is 591 g/mol. The van der Waals surface area contributed by atoms with E-state index in [1.807, 2.05) is 24.3 Å². The van der Waals surface area contributed by atoms with Crippen LogP contribution in [0, 0.1) is 13.8 Å². The molecule has 2 aliphatic rings. The van der Waals surface area contributed by atoms with Crippen LogP contribution in [-0.4, -0.2) is 70.1 Å². The molecule has 0 unspecified atom stereocenters. The molecule has 3 aromatic carbocycles. The summed E-state index contributed by atoms with van der Waals surface area (Å²) in [6.45, 7) is 9.19. The first kappa shape index (κ1) is 27.8. The van der Waals surface area contributed by atoms with Crippen LogP contribution in [0.2, 0.25) is 0 Å². The van der Waals surface area contributed by atoms with Crippen molar-refractivity contribution < 1.29 is 17.9 Å². The van der Waals surface area contributed by atoms with Gasteiger partial charge in [0.1, 0.15) is 0 Å². The van der Waals surface area contributed by atoms with Crippen LogP contribution in [-0.2, 0) is 21.2 Å². The van der Waals surface area contributed by atoms with E-state index in [1.165, 1.54) is 21.2 Å². The summed E-state index contributed by atoms with van der Waals surface area (Å²) >= 11 is 1.51. The summed E-state index contributed by atoms with van der Waals surface area (Å²) < 4.78 is 34.9. The minimum absolute atomic E-state index is 0.176. The Labute approximate surface area is 245 Å². The zero-order valence-corrected chi connectivity index (χ0v) is 25.0. The number of fused-ring (bicyclic) bond motifs is 2. The van der Waals surface area contributed by atoms with Gasteiger partial charge in [-0.2, -0.15) is 0 Å². The third kappa shape index (κ3) is 5.61. The van der Waals surface area contributed by atoms with Crippen LogP contribution in [0.3, 0.4) is 0 Å². The van der Waals surface area contributed by atoms with Crippen LogP contribution >= 0.6 is 11.3 Å². The van der Waals surface area contributed by atoms with Gasteiger partial charge in [0.15, 0.2) is 5.13 Å². The van der Waals surface area contributed by atoms with Crippen molar-refractivity contribution in [3.63, 3.8) is 0 Å². The number of anilines is 2. The van der Waals surface area contributed by atoms with Gasteiger partial charge < -0.3 is 4.74 Å². The van der Waals surface area contributed by atoms with Gasteiger partial charge in [0.25, 0.3) is 15.9 Å². The average Bonchev–Trinajstić information content (AvgIpc) is 3.60. The highest BCUT2D eigenvalue weighted by molar-refractivity contribution is 7.92. The number of benzene rings is 3. The molecule has 0 saturated carbocycles. The largest absolute Gasteiger partial charge is 0.379 e. The number of carbonyl (C=O) groups excluding carboxylic acids is 1. The first-order chi connectivity index (χ1) is 19.8. The summed E-state index contributed by atoms with van der Waals surface area (Å²) in [6, 6.07) is 18.1. The van der Waals surface area contributed by atoms with Crippen molar-refractivity contribution in [2.75, 3.05) is 55.1 Å². The molecule has 2 aliphatic heterocycles. The SMILES string of the molecule is Cc1cc2nc(N(CCCN3CCOCC3)C(=O)c3ccc(S(=O)(=O)N4CCc5ccccc54)cc3)sc2cc1C. The second kappa shape index (κ2) is 11.5. The summed E-state index contributed by atoms with van der Waals surface area (Å²) in [5.41, 5.74) is 5.42. The van der Waals surface area contributed by atoms with Gasteiger partial charge in [-0.1, -0.05) is 29.5 Å². The molecule has 1 saturated heterocycles. The number of thiazole rings is 1. The zero-order chi connectivity index (χ0) is 28.6. The third-order valence-corrected chi connectivity index (χ3v) is 10.8. The Morgan fingerprint density at radius 1 is 1.00 bits per heavy atom. The van der Waals surface area contributed by atoms with E-state index in [4.69, 9.17) is 9.72 Å². The van der Waals surface area contributed by atoms with E-state index in [2.05, 4.69) is 30.9 Å². The number of ether oxygens (including phenoxy) is 1. The Hall–Kier alpha value is -3.31. The zero-order valence-electron chi connectivity index (χ0n) is 23.4. The van der Waals surface area contributed by atoms with E-state index >= 15 is 0 Å². The van der Waals surface area contributed by atoms with Crippen LogP contribution in [0.15, 0.2) is 65.6 Å². The molecule has 1 fully saturated rings. The number of nitrogens with zero attached hydrogens (tertiary/aromatic N) is 4. The maximum atomic E-state index is 13.9. The molecule has 0 spiro atoms. The fraction of sp³-hybridized carbons (Fsp3) is 0.355. The molecule has 0 aliphatic carbocycles. The van der Waals surface area contributed by atoms with Crippen molar-refractivity contribution >= 4 is 48.3 Å². The van der Waals surface area contributed by atoms with Crippen molar-refractivity contribution in [3.05, 3.63) is 82.9 Å². The number of carbonyl (C=O) groups is 1. The van der Waals surface area contributed by atoms with Gasteiger partial charge in [0.05, 0.1) is 34.0 Å². The van der Waals surface area contributed by atoms with Crippen molar-refractivity contribution in [3.8, 4) is 0 Å². The van der Waals surface area contributed by atoms with Crippen LogP contribution < -0.4 is 9.21 Å². The lowest BCUT2D eigenvalue weighted by Gasteiger charge is -2.27. The third-order valence-electron chi connectivity index (χ3n) is 7.96. The molecule has 0 bridgehead atoms. The summed E-state index contributed by atoms with van der Waals surface area (Å²) in [7, 11) is -3.74. The van der Waals surface area contributed by atoms with E-state index < -0.39 is 10.0 Å². The topological polar surface area (TPSA) is 83.0 Å². The maximum Gasteiger partial charge on any atom is 0.264 e. The summed E-state index contributed by atoms with van der Waals surface area (Å²) in [4.78, 5) is 23.0. The van der Waals surface area contributed by atoms with Gasteiger partial charge in [-0.25, -0.2) is 13.4 Å². The number of amides is 1. The smallest absolute Gasteiger partial charge is 0.264 e. The Morgan fingerprint density at radius 3 is 2.51 bits per heavy atom. The number of sulfonamides is 1. The molecular weight excluding hydrogens is 556 g/mol. The van der Waals surface area contributed by atoms with Crippen LogP contribution in [0.5, 0.6) is 0 Å². The molecule has 0 radical (unpaired) electrons. The highest BCUT2D eigenvalue weighted by atomic mass is 32.2. The maximum absolute atomic E-state index is 13.9. The molecule has 214 valence electrons. The fourth-order valence-corrected chi connectivity index (χ4v) is 8.03. The van der Waals surface area contributed by atoms with Crippen LogP contribution in [0.1, 0.15) is 33.5 Å². The van der Waals surface area contributed by atoms with E-state index in [1.54, 1.807) is 29.2 Å². The summed E-state index contributed by atoms with van der Waals surface area (Å²) in [5.74, 6) is -0.185. The molecule has 8 nitrogen and oxygen atoms in total. The molecule has 10 heteroatoms. The second-order valence-corrected chi connectivity index (χ2v) is 13.5. The Morgan fingerprint density at radius 2 is 1.73 bits per heavy atom. The number of aryl methyl sites for hydroxylation is 2. The fourth-order valence-electron chi connectivity index (χ4n) is 5.45. The van der Waals surface area contributed by atoms with Crippen LogP contribution in [0.25, 0.3) is 10.2 Å². The Kier molecular flexibility index (Phi) is 7.82. The van der Waals surface area contributed by atoms with Gasteiger partial charge in [-0.15, -0.1) is 0 Å². The van der Waals surface area contributed by atoms with E-state index in [0.29, 0.717) is 30.2 Å². The first-order valence-corrected chi connectivity index (χ1v) is 16.3. The first-order valence-electron chi connectivity index (χ1n) is 14.0. The van der Waals surface area contributed by atoms with Crippen molar-refractivity contribution in [1.82, 2.24) is 9.88 Å². The standard InChI is InChI=1S/C31H34N4O4S2/c1-22-20-27-29(21-23(22)2)40-31(32-27)34(14-5-13-33-16-18-39-19-17-33)30(36)25-8-10-26(11-9-25)41(37,38)35-15-12-24-6-3-4-7-28(24)35/h3-4,6-11,20-21H,5,12-19H2,1-2H3. The molecule has 1 amide bonds. The molecule has 1 aromatic heterocycles. The highest BCUT2D eigenvalue weighted by Crippen LogP contribution is 2.34. The number of hydrogen-bond donors (Lipinski definition) is 0. The minimum Gasteiger partial charge on any atom is -0.379 e. The Bertz CT molecular complexity index is 1640. The monoisotopic (exact) mass is 590 g/mol. The van der Waals surface area contributed by atoms with E-state index in [-0.39, 0.29) is 10.8 Å².